The standard InChI is InChI=1S/C20H29N5/c1-17(14-24(2)15-18-9-5-3-6-10-18)23-19-13-20(22-16-21-19)25-11-7-4-8-12-25/h3,5-6,9-10,13,16-17H,4,7-8,11-12,14-15H2,1-2H3,(H,21,22,23). The highest BCUT2D eigenvalue weighted by Gasteiger charge is 2.14. The summed E-state index contributed by atoms with van der Waals surface area (Å²) in [6, 6.07) is 13.0. The minimum atomic E-state index is 0.317. The van der Waals surface area contributed by atoms with Crippen molar-refractivity contribution in [2.75, 3.05) is 36.9 Å². The quantitative estimate of drug-likeness (QED) is 0.837. The summed E-state index contributed by atoms with van der Waals surface area (Å²) < 4.78 is 0. The molecule has 3 rings (SSSR count). The number of nitrogens with one attached hydrogen (secondary N) is 1. The first-order valence-corrected chi connectivity index (χ1v) is 9.27. The first kappa shape index (κ1) is 17.7. The van der Waals surface area contributed by atoms with Crippen LogP contribution in [0, 0.1) is 0 Å². The molecule has 2 heterocycles. The minimum absolute atomic E-state index is 0.317. The van der Waals surface area contributed by atoms with Crippen molar-refractivity contribution >= 4 is 11.6 Å². The average molecular weight is 339 g/mol. The van der Waals surface area contributed by atoms with E-state index in [1.165, 1.54) is 24.8 Å². The molecule has 1 saturated heterocycles. The maximum atomic E-state index is 4.45. The fraction of sp³-hybridized carbons (Fsp3) is 0.500. The first-order chi connectivity index (χ1) is 12.2. The summed E-state index contributed by atoms with van der Waals surface area (Å²) in [6.45, 7) is 6.31. The Morgan fingerprint density at radius 2 is 1.88 bits per heavy atom. The molecular weight excluding hydrogens is 310 g/mol. The average Bonchev–Trinajstić information content (AvgIpc) is 2.63. The van der Waals surface area contributed by atoms with E-state index >= 15 is 0 Å². The highest BCUT2D eigenvalue weighted by molar-refractivity contribution is 5.49. The minimum Gasteiger partial charge on any atom is -0.366 e. The molecule has 1 N–H and O–H groups in total. The maximum Gasteiger partial charge on any atom is 0.134 e. The van der Waals surface area contributed by atoms with Crippen LogP contribution in [0.5, 0.6) is 0 Å². The molecule has 5 nitrogen and oxygen atoms in total. The van der Waals surface area contributed by atoms with Gasteiger partial charge in [0.25, 0.3) is 0 Å². The van der Waals surface area contributed by atoms with Crippen LogP contribution in [-0.4, -0.2) is 47.6 Å². The second kappa shape index (κ2) is 8.81. The van der Waals surface area contributed by atoms with Crippen LogP contribution in [0.4, 0.5) is 11.6 Å². The Morgan fingerprint density at radius 1 is 1.12 bits per heavy atom. The van der Waals surface area contributed by atoms with Crippen LogP contribution in [0.15, 0.2) is 42.7 Å². The zero-order valence-corrected chi connectivity index (χ0v) is 15.4. The Labute approximate surface area is 151 Å². The Morgan fingerprint density at radius 3 is 2.64 bits per heavy atom. The van der Waals surface area contributed by atoms with Gasteiger partial charge >= 0.3 is 0 Å². The van der Waals surface area contributed by atoms with E-state index in [0.29, 0.717) is 6.04 Å². The zero-order valence-electron chi connectivity index (χ0n) is 15.4. The molecule has 0 amide bonds. The van der Waals surface area contributed by atoms with E-state index in [1.54, 1.807) is 6.33 Å². The Balaban J connectivity index is 1.52. The second-order valence-electron chi connectivity index (χ2n) is 7.04. The van der Waals surface area contributed by atoms with Gasteiger partial charge in [-0.25, -0.2) is 9.97 Å². The van der Waals surface area contributed by atoms with Crippen LogP contribution in [0.2, 0.25) is 0 Å². The summed E-state index contributed by atoms with van der Waals surface area (Å²) in [5, 5.41) is 3.52. The zero-order chi connectivity index (χ0) is 17.5. The lowest BCUT2D eigenvalue weighted by atomic mass is 10.1. The number of hydrogen-bond acceptors (Lipinski definition) is 5. The lowest BCUT2D eigenvalue weighted by Gasteiger charge is -2.28. The van der Waals surface area contributed by atoms with Crippen molar-refractivity contribution in [2.24, 2.45) is 0 Å². The first-order valence-electron chi connectivity index (χ1n) is 9.27. The van der Waals surface area contributed by atoms with Crippen LogP contribution in [0.3, 0.4) is 0 Å². The summed E-state index contributed by atoms with van der Waals surface area (Å²) in [7, 11) is 2.16. The van der Waals surface area contributed by atoms with Gasteiger partial charge < -0.3 is 15.1 Å². The third-order valence-corrected chi connectivity index (χ3v) is 4.61. The summed E-state index contributed by atoms with van der Waals surface area (Å²) in [5.41, 5.74) is 1.34. The van der Waals surface area contributed by atoms with E-state index in [-0.39, 0.29) is 0 Å². The van der Waals surface area contributed by atoms with Crippen LogP contribution in [-0.2, 0) is 6.54 Å². The van der Waals surface area contributed by atoms with Crippen LogP contribution in [0.1, 0.15) is 31.7 Å². The fourth-order valence-corrected chi connectivity index (χ4v) is 3.45. The molecule has 1 fully saturated rings. The molecule has 2 aromatic rings. The van der Waals surface area contributed by atoms with Gasteiger partial charge in [0.15, 0.2) is 0 Å². The molecule has 0 aliphatic carbocycles. The van der Waals surface area contributed by atoms with Gasteiger partial charge in [-0.2, -0.15) is 0 Å². The van der Waals surface area contributed by atoms with Gasteiger partial charge in [-0.1, -0.05) is 30.3 Å². The Kier molecular flexibility index (Phi) is 6.23. The molecule has 0 saturated carbocycles. The lowest BCUT2D eigenvalue weighted by Crippen LogP contribution is -2.33. The molecule has 5 heteroatoms. The Hall–Kier alpha value is -2.14. The van der Waals surface area contributed by atoms with Crippen molar-refractivity contribution in [2.45, 2.75) is 38.8 Å². The van der Waals surface area contributed by atoms with Crippen molar-refractivity contribution in [3.8, 4) is 0 Å². The molecular formula is C20H29N5. The molecule has 0 radical (unpaired) electrons. The molecule has 1 aliphatic rings. The molecule has 0 spiro atoms. The number of piperidine rings is 1. The topological polar surface area (TPSA) is 44.3 Å². The number of likely N-dealkylation sites (N-methyl/N-ethyl adjacent to an activating group) is 1. The van der Waals surface area contributed by atoms with Gasteiger partial charge in [-0.15, -0.1) is 0 Å². The van der Waals surface area contributed by atoms with Gasteiger partial charge in [-0.3, -0.25) is 0 Å². The second-order valence-corrected chi connectivity index (χ2v) is 7.04. The van der Waals surface area contributed by atoms with E-state index in [0.717, 1.165) is 37.8 Å². The fourth-order valence-electron chi connectivity index (χ4n) is 3.45. The van der Waals surface area contributed by atoms with E-state index in [9.17, 15) is 0 Å². The summed E-state index contributed by atoms with van der Waals surface area (Å²) in [5.74, 6) is 1.96. The molecule has 134 valence electrons. The molecule has 1 aliphatic heterocycles. The summed E-state index contributed by atoms with van der Waals surface area (Å²) >= 11 is 0. The molecule has 1 aromatic heterocycles. The molecule has 0 bridgehead atoms. The number of rotatable bonds is 7. The van der Waals surface area contributed by atoms with E-state index in [1.807, 2.05) is 0 Å². The number of aromatic nitrogens is 2. The number of hydrogen-bond donors (Lipinski definition) is 1. The molecule has 1 atom stereocenters. The largest absolute Gasteiger partial charge is 0.366 e. The number of anilines is 2. The lowest BCUT2D eigenvalue weighted by molar-refractivity contribution is 0.316. The number of benzene rings is 1. The van der Waals surface area contributed by atoms with Crippen LogP contribution < -0.4 is 10.2 Å². The number of nitrogens with zero attached hydrogens (tertiary/aromatic N) is 4. The van der Waals surface area contributed by atoms with E-state index in [4.69, 9.17) is 0 Å². The monoisotopic (exact) mass is 339 g/mol. The third-order valence-electron chi connectivity index (χ3n) is 4.61. The van der Waals surface area contributed by atoms with Crippen LogP contribution in [0.25, 0.3) is 0 Å². The van der Waals surface area contributed by atoms with Crippen molar-refractivity contribution in [3.63, 3.8) is 0 Å². The van der Waals surface area contributed by atoms with Gasteiger partial charge in [0.1, 0.15) is 18.0 Å². The summed E-state index contributed by atoms with van der Waals surface area (Å²) in [4.78, 5) is 13.5. The third kappa shape index (κ3) is 5.43. The Bertz CT molecular complexity index is 640. The highest BCUT2D eigenvalue weighted by Crippen LogP contribution is 2.19. The van der Waals surface area contributed by atoms with E-state index in [2.05, 4.69) is 75.5 Å². The predicted octanol–water partition coefficient (Wildman–Crippen LogP) is 3.40. The van der Waals surface area contributed by atoms with Crippen LogP contribution >= 0.6 is 0 Å². The van der Waals surface area contributed by atoms with Crippen molar-refractivity contribution in [1.29, 1.82) is 0 Å². The molecule has 25 heavy (non-hydrogen) atoms. The van der Waals surface area contributed by atoms with Crippen molar-refractivity contribution < 1.29 is 0 Å². The predicted molar refractivity (Wildman–Crippen MR) is 104 cm³/mol. The van der Waals surface area contributed by atoms with Gasteiger partial charge in [-0.05, 0) is 38.8 Å². The molecule has 1 unspecified atom stereocenters. The normalized spacial score (nSPS) is 16.0. The van der Waals surface area contributed by atoms with Gasteiger partial charge in [0, 0.05) is 38.3 Å². The summed E-state index contributed by atoms with van der Waals surface area (Å²) in [6.07, 6.45) is 5.52. The smallest absolute Gasteiger partial charge is 0.134 e. The van der Waals surface area contributed by atoms with E-state index < -0.39 is 0 Å². The maximum absolute atomic E-state index is 4.45. The highest BCUT2D eigenvalue weighted by atomic mass is 15.2. The van der Waals surface area contributed by atoms with Gasteiger partial charge in [0.05, 0.1) is 0 Å². The van der Waals surface area contributed by atoms with Crippen molar-refractivity contribution in [3.05, 3.63) is 48.3 Å². The van der Waals surface area contributed by atoms with Crippen molar-refractivity contribution in [1.82, 2.24) is 14.9 Å². The molecule has 1 aromatic carbocycles. The SMILES string of the molecule is CC(CN(C)Cc1ccccc1)Nc1cc(N2CCCCC2)ncn1. The van der Waals surface area contributed by atoms with Gasteiger partial charge in [0.2, 0.25) is 0 Å².